The monoisotopic (exact) mass is 331 g/mol. The van der Waals surface area contributed by atoms with Gasteiger partial charge in [-0.05, 0) is 43.4 Å². The van der Waals surface area contributed by atoms with Crippen LogP contribution in [0, 0.1) is 0 Å². The average molecular weight is 331 g/mol. The van der Waals surface area contributed by atoms with Crippen molar-refractivity contribution in [1.82, 2.24) is 15.1 Å². The molecule has 0 unspecified atom stereocenters. The summed E-state index contributed by atoms with van der Waals surface area (Å²) in [5.41, 5.74) is 0.989. The first-order chi connectivity index (χ1) is 11.6. The van der Waals surface area contributed by atoms with Gasteiger partial charge >= 0.3 is 6.03 Å². The van der Waals surface area contributed by atoms with Gasteiger partial charge in [0.2, 0.25) is 5.91 Å². The number of hydrogen-bond acceptors (Lipinski definition) is 3. The minimum atomic E-state index is -0.111. The van der Waals surface area contributed by atoms with Crippen molar-refractivity contribution in [2.75, 3.05) is 19.6 Å². The fraction of sp³-hybridized carbons (Fsp3) is 0.556. The van der Waals surface area contributed by atoms with Crippen molar-refractivity contribution in [2.24, 2.45) is 0 Å². The van der Waals surface area contributed by atoms with Gasteiger partial charge in [-0.2, -0.15) is 0 Å². The fourth-order valence-electron chi connectivity index (χ4n) is 3.05. The molecule has 1 aliphatic carbocycles. The molecule has 130 valence electrons. The number of carbonyl (C=O) groups is 2. The van der Waals surface area contributed by atoms with E-state index >= 15 is 0 Å². The van der Waals surface area contributed by atoms with E-state index in [2.05, 4.69) is 5.32 Å². The highest BCUT2D eigenvalue weighted by Gasteiger charge is 2.32. The van der Waals surface area contributed by atoms with Crippen LogP contribution >= 0.6 is 0 Å². The molecule has 1 aromatic rings. The van der Waals surface area contributed by atoms with Gasteiger partial charge in [-0.15, -0.1) is 0 Å². The molecule has 6 nitrogen and oxygen atoms in total. The number of nitrogens with zero attached hydrogens (tertiary/aromatic N) is 2. The van der Waals surface area contributed by atoms with E-state index in [1.54, 1.807) is 12.1 Å². The van der Waals surface area contributed by atoms with Crippen molar-refractivity contribution in [3.8, 4) is 5.75 Å². The Morgan fingerprint density at radius 3 is 2.46 bits per heavy atom. The smallest absolute Gasteiger partial charge is 0.317 e. The number of hydrogen-bond donors (Lipinski definition) is 2. The molecule has 1 heterocycles. The van der Waals surface area contributed by atoms with E-state index in [4.69, 9.17) is 0 Å². The summed E-state index contributed by atoms with van der Waals surface area (Å²) in [5.74, 6) is 0.353. The van der Waals surface area contributed by atoms with E-state index in [9.17, 15) is 14.7 Å². The molecule has 0 spiro atoms. The lowest BCUT2D eigenvalue weighted by Crippen LogP contribution is -2.42. The first-order valence-electron chi connectivity index (χ1n) is 8.73. The minimum Gasteiger partial charge on any atom is -0.508 e. The number of benzene rings is 1. The Bertz CT molecular complexity index is 578. The maximum atomic E-state index is 12.4. The molecule has 3 rings (SSSR count). The molecule has 1 aromatic carbocycles. The molecule has 0 aromatic heterocycles. The maximum absolute atomic E-state index is 12.4. The highest BCUT2D eigenvalue weighted by atomic mass is 16.3. The third kappa shape index (κ3) is 4.40. The second kappa shape index (κ2) is 7.55. The first kappa shape index (κ1) is 16.6. The molecular formula is C18H25N3O3. The third-order valence-electron chi connectivity index (χ3n) is 4.61. The first-order valence-corrected chi connectivity index (χ1v) is 8.73. The SMILES string of the molecule is O=C(CCNC(=O)N(Cc1ccc(O)cc1)C1CC1)N1CCCC1. The Balaban J connectivity index is 1.47. The van der Waals surface area contributed by atoms with Crippen LogP contribution in [0.5, 0.6) is 5.75 Å². The van der Waals surface area contributed by atoms with Crippen molar-refractivity contribution in [2.45, 2.75) is 44.7 Å². The normalized spacial score (nSPS) is 16.9. The minimum absolute atomic E-state index is 0.111. The summed E-state index contributed by atoms with van der Waals surface area (Å²) < 4.78 is 0. The zero-order chi connectivity index (χ0) is 16.9. The number of phenolic OH excluding ortho intramolecular Hbond substituents is 1. The molecule has 1 aliphatic heterocycles. The highest BCUT2D eigenvalue weighted by molar-refractivity contribution is 5.78. The van der Waals surface area contributed by atoms with Crippen molar-refractivity contribution >= 4 is 11.9 Å². The molecular weight excluding hydrogens is 306 g/mol. The zero-order valence-electron chi connectivity index (χ0n) is 13.9. The van der Waals surface area contributed by atoms with E-state index in [0.717, 1.165) is 44.3 Å². The lowest BCUT2D eigenvalue weighted by Gasteiger charge is -2.23. The molecule has 6 heteroatoms. The highest BCUT2D eigenvalue weighted by Crippen LogP contribution is 2.28. The van der Waals surface area contributed by atoms with Crippen molar-refractivity contribution in [1.29, 1.82) is 0 Å². The number of amides is 3. The number of aromatic hydroxyl groups is 1. The molecule has 0 atom stereocenters. The summed E-state index contributed by atoms with van der Waals surface area (Å²) in [7, 11) is 0. The van der Waals surface area contributed by atoms with Gasteiger partial charge in [0.15, 0.2) is 0 Å². The van der Waals surface area contributed by atoms with Gasteiger partial charge in [-0.1, -0.05) is 12.1 Å². The van der Waals surface area contributed by atoms with Gasteiger partial charge in [0.25, 0.3) is 0 Å². The van der Waals surface area contributed by atoms with E-state index in [-0.39, 0.29) is 23.7 Å². The van der Waals surface area contributed by atoms with Gasteiger partial charge in [0, 0.05) is 38.6 Å². The van der Waals surface area contributed by atoms with E-state index < -0.39 is 0 Å². The molecule has 0 bridgehead atoms. The summed E-state index contributed by atoms with van der Waals surface area (Å²) in [6.07, 6.45) is 4.58. The van der Waals surface area contributed by atoms with Crippen LogP contribution in [0.4, 0.5) is 4.79 Å². The van der Waals surface area contributed by atoms with Gasteiger partial charge in [0.1, 0.15) is 5.75 Å². The molecule has 3 amide bonds. The summed E-state index contributed by atoms with van der Waals surface area (Å²) in [5, 5.41) is 12.2. The number of likely N-dealkylation sites (tertiary alicyclic amines) is 1. The van der Waals surface area contributed by atoms with Crippen LogP contribution in [-0.2, 0) is 11.3 Å². The third-order valence-corrected chi connectivity index (χ3v) is 4.61. The van der Waals surface area contributed by atoms with Crippen LogP contribution in [0.3, 0.4) is 0 Å². The quantitative estimate of drug-likeness (QED) is 0.838. The van der Waals surface area contributed by atoms with Crippen LogP contribution in [0.1, 0.15) is 37.7 Å². The second-order valence-corrected chi connectivity index (χ2v) is 6.60. The Morgan fingerprint density at radius 2 is 1.83 bits per heavy atom. The number of urea groups is 1. The standard InChI is InChI=1S/C18H25N3O3/c22-16-7-3-14(4-8-16)13-21(15-5-6-15)18(24)19-10-9-17(23)20-11-1-2-12-20/h3-4,7-8,15,22H,1-2,5-6,9-13H2,(H,19,24). The largest absolute Gasteiger partial charge is 0.508 e. The summed E-state index contributed by atoms with van der Waals surface area (Å²) in [4.78, 5) is 28.1. The van der Waals surface area contributed by atoms with Crippen LogP contribution < -0.4 is 5.32 Å². The van der Waals surface area contributed by atoms with Crippen molar-refractivity contribution in [3.63, 3.8) is 0 Å². The molecule has 2 fully saturated rings. The molecule has 1 saturated carbocycles. The van der Waals surface area contributed by atoms with Gasteiger partial charge in [0.05, 0.1) is 0 Å². The zero-order valence-corrected chi connectivity index (χ0v) is 13.9. The summed E-state index contributed by atoms with van der Waals surface area (Å²) >= 11 is 0. The molecule has 24 heavy (non-hydrogen) atoms. The number of rotatable bonds is 6. The van der Waals surface area contributed by atoms with Gasteiger partial charge < -0.3 is 20.2 Å². The molecule has 2 N–H and O–H groups in total. The Kier molecular flexibility index (Phi) is 5.23. The van der Waals surface area contributed by atoms with Crippen molar-refractivity contribution < 1.29 is 14.7 Å². The molecule has 0 radical (unpaired) electrons. The predicted molar refractivity (Wildman–Crippen MR) is 90.5 cm³/mol. The van der Waals surface area contributed by atoms with Crippen molar-refractivity contribution in [3.05, 3.63) is 29.8 Å². The number of phenols is 1. The van der Waals surface area contributed by atoms with Gasteiger partial charge in [-0.3, -0.25) is 4.79 Å². The summed E-state index contributed by atoms with van der Waals surface area (Å²) in [6, 6.07) is 7.09. The van der Waals surface area contributed by atoms with Crippen LogP contribution in [0.25, 0.3) is 0 Å². The van der Waals surface area contributed by atoms with Crippen LogP contribution in [0.15, 0.2) is 24.3 Å². The second-order valence-electron chi connectivity index (χ2n) is 6.60. The van der Waals surface area contributed by atoms with E-state index in [1.165, 1.54) is 0 Å². The molecule has 2 aliphatic rings. The summed E-state index contributed by atoms with van der Waals surface area (Å²) in [6.45, 7) is 2.60. The Labute approximate surface area is 142 Å². The number of carbonyl (C=O) groups excluding carboxylic acids is 2. The van der Waals surface area contributed by atoms with E-state index in [1.807, 2.05) is 21.9 Å². The molecule has 1 saturated heterocycles. The van der Waals surface area contributed by atoms with Crippen LogP contribution in [0.2, 0.25) is 0 Å². The predicted octanol–water partition coefficient (Wildman–Crippen LogP) is 2.08. The fourth-order valence-corrected chi connectivity index (χ4v) is 3.05. The average Bonchev–Trinajstić information content (AvgIpc) is 3.26. The Hall–Kier alpha value is -2.24. The van der Waals surface area contributed by atoms with E-state index in [0.29, 0.717) is 19.5 Å². The lowest BCUT2D eigenvalue weighted by atomic mass is 10.2. The lowest BCUT2D eigenvalue weighted by molar-refractivity contribution is -0.129. The van der Waals surface area contributed by atoms with Gasteiger partial charge in [-0.25, -0.2) is 4.79 Å². The van der Waals surface area contributed by atoms with Crippen LogP contribution in [-0.4, -0.2) is 52.5 Å². The topological polar surface area (TPSA) is 72.9 Å². The maximum Gasteiger partial charge on any atom is 0.317 e. The Morgan fingerprint density at radius 1 is 1.17 bits per heavy atom. The number of nitrogens with one attached hydrogen (secondary N) is 1.